The van der Waals surface area contributed by atoms with Crippen LogP contribution in [0, 0.1) is 0 Å². The molecule has 1 aliphatic heterocycles. The minimum absolute atomic E-state index is 0.00599. The average molecular weight is 273 g/mol. The van der Waals surface area contributed by atoms with Crippen LogP contribution >= 0.6 is 0 Å². The highest BCUT2D eigenvalue weighted by molar-refractivity contribution is 6.00. The zero-order chi connectivity index (χ0) is 14.1. The number of hydrogen-bond donors (Lipinski definition) is 1. The maximum Gasteiger partial charge on any atom is 0.244 e. The first-order chi connectivity index (χ1) is 9.66. The van der Waals surface area contributed by atoms with Gasteiger partial charge in [-0.25, -0.2) is 0 Å². The van der Waals surface area contributed by atoms with Crippen LogP contribution in [0.4, 0.5) is 11.4 Å². The average Bonchev–Trinajstić information content (AvgIpc) is 3.25. The van der Waals surface area contributed by atoms with Crippen LogP contribution in [-0.4, -0.2) is 38.6 Å². The number of carbonyl (C=O) groups excluding carboxylic acids is 1. The van der Waals surface area contributed by atoms with Crippen molar-refractivity contribution < 1.29 is 4.79 Å². The first kappa shape index (κ1) is 13.4. The minimum Gasteiger partial charge on any atom is -0.376 e. The van der Waals surface area contributed by atoms with Crippen molar-refractivity contribution in [1.82, 2.24) is 5.32 Å². The molecule has 1 unspecified atom stereocenters. The molecule has 0 bridgehead atoms. The summed E-state index contributed by atoms with van der Waals surface area (Å²) >= 11 is 0. The molecule has 1 atom stereocenters. The van der Waals surface area contributed by atoms with Crippen molar-refractivity contribution in [2.75, 3.05) is 30.4 Å². The first-order valence-corrected chi connectivity index (χ1v) is 7.50. The molecule has 1 N–H and O–H groups in total. The molecule has 1 saturated heterocycles. The molecule has 0 spiro atoms. The van der Waals surface area contributed by atoms with Crippen LogP contribution in [0.25, 0.3) is 0 Å². The van der Waals surface area contributed by atoms with E-state index in [2.05, 4.69) is 16.3 Å². The highest BCUT2D eigenvalue weighted by Gasteiger charge is 2.34. The van der Waals surface area contributed by atoms with Crippen LogP contribution < -0.4 is 15.1 Å². The van der Waals surface area contributed by atoms with Gasteiger partial charge in [-0.15, -0.1) is 0 Å². The Balaban J connectivity index is 1.83. The fourth-order valence-corrected chi connectivity index (χ4v) is 2.87. The number of para-hydroxylation sites is 2. The van der Waals surface area contributed by atoms with Crippen molar-refractivity contribution in [3.8, 4) is 0 Å². The lowest BCUT2D eigenvalue weighted by atomic mass is 10.0. The summed E-state index contributed by atoms with van der Waals surface area (Å²) in [5, 5.41) is 3.49. The van der Waals surface area contributed by atoms with Gasteiger partial charge in [0.05, 0.1) is 17.4 Å². The van der Waals surface area contributed by atoms with Gasteiger partial charge in [0.2, 0.25) is 5.91 Å². The maximum atomic E-state index is 12.7. The number of nitrogens with one attached hydrogen (secondary N) is 1. The molecule has 2 fully saturated rings. The Labute approximate surface area is 120 Å². The van der Waals surface area contributed by atoms with Crippen molar-refractivity contribution in [2.24, 2.45) is 0 Å². The molecule has 1 aliphatic carbocycles. The number of anilines is 2. The van der Waals surface area contributed by atoms with Crippen molar-refractivity contribution in [2.45, 2.75) is 37.8 Å². The third-order valence-electron chi connectivity index (χ3n) is 4.11. The van der Waals surface area contributed by atoms with E-state index in [0.29, 0.717) is 6.04 Å². The normalized spacial score (nSPS) is 23.0. The van der Waals surface area contributed by atoms with Gasteiger partial charge in [0.25, 0.3) is 0 Å². The summed E-state index contributed by atoms with van der Waals surface area (Å²) in [6, 6.07) is 8.73. The largest absolute Gasteiger partial charge is 0.376 e. The van der Waals surface area contributed by atoms with Gasteiger partial charge < -0.3 is 15.1 Å². The first-order valence-electron chi connectivity index (χ1n) is 7.50. The van der Waals surface area contributed by atoms with E-state index in [0.717, 1.165) is 30.8 Å². The van der Waals surface area contributed by atoms with Crippen molar-refractivity contribution >= 4 is 17.3 Å². The van der Waals surface area contributed by atoms with Crippen molar-refractivity contribution in [1.29, 1.82) is 0 Å². The number of rotatable bonds is 4. The lowest BCUT2D eigenvalue weighted by Gasteiger charge is -2.35. The van der Waals surface area contributed by atoms with Crippen molar-refractivity contribution in [3.05, 3.63) is 24.3 Å². The smallest absolute Gasteiger partial charge is 0.244 e. The van der Waals surface area contributed by atoms with Gasteiger partial charge in [0.1, 0.15) is 0 Å². The van der Waals surface area contributed by atoms with Crippen molar-refractivity contribution in [3.63, 3.8) is 0 Å². The molecule has 0 aromatic heterocycles. The molecule has 2 aliphatic rings. The van der Waals surface area contributed by atoms with Crippen LogP contribution in [0.2, 0.25) is 0 Å². The zero-order valence-electron chi connectivity index (χ0n) is 12.3. The Hall–Kier alpha value is -1.55. The number of amides is 1. The van der Waals surface area contributed by atoms with Crippen LogP contribution in [0.15, 0.2) is 24.3 Å². The monoisotopic (exact) mass is 273 g/mol. The second-order valence-electron chi connectivity index (χ2n) is 6.01. The van der Waals surface area contributed by atoms with E-state index < -0.39 is 0 Å². The number of benzene rings is 1. The molecule has 1 saturated carbocycles. The summed E-state index contributed by atoms with van der Waals surface area (Å²) in [4.78, 5) is 16.7. The van der Waals surface area contributed by atoms with E-state index in [9.17, 15) is 4.79 Å². The summed E-state index contributed by atoms with van der Waals surface area (Å²) in [5.41, 5.74) is 2.14. The summed E-state index contributed by atoms with van der Waals surface area (Å²) < 4.78 is 0. The Morgan fingerprint density at radius 1 is 1.20 bits per heavy atom. The van der Waals surface area contributed by atoms with E-state index in [-0.39, 0.29) is 11.9 Å². The number of carbonyl (C=O) groups is 1. The molecule has 1 amide bonds. The molecular formula is C16H23N3O. The third-order valence-corrected chi connectivity index (χ3v) is 4.11. The predicted molar refractivity (Wildman–Crippen MR) is 82.3 cm³/mol. The Morgan fingerprint density at radius 2 is 1.95 bits per heavy atom. The van der Waals surface area contributed by atoms with E-state index >= 15 is 0 Å². The van der Waals surface area contributed by atoms with Crippen LogP contribution in [0.5, 0.6) is 0 Å². The Kier molecular flexibility index (Phi) is 3.66. The second kappa shape index (κ2) is 5.44. The molecule has 0 radical (unpaired) electrons. The fourth-order valence-electron chi connectivity index (χ4n) is 2.87. The Morgan fingerprint density at radius 3 is 2.65 bits per heavy atom. The highest BCUT2D eigenvalue weighted by Crippen LogP contribution is 2.31. The fraction of sp³-hybridized carbons (Fsp3) is 0.562. The molecule has 1 aromatic rings. The number of nitrogens with zero attached hydrogens (tertiary/aromatic N) is 2. The summed E-state index contributed by atoms with van der Waals surface area (Å²) in [5.74, 6) is 0.234. The highest BCUT2D eigenvalue weighted by atomic mass is 16.2. The topological polar surface area (TPSA) is 35.6 Å². The summed E-state index contributed by atoms with van der Waals surface area (Å²) in [7, 11) is 4.04. The summed E-state index contributed by atoms with van der Waals surface area (Å²) in [6.07, 6.45) is 4.48. The molecule has 4 heteroatoms. The second-order valence-corrected chi connectivity index (χ2v) is 6.01. The molecule has 1 aromatic carbocycles. The molecule has 4 nitrogen and oxygen atoms in total. The third kappa shape index (κ3) is 2.66. The number of hydrogen-bond acceptors (Lipinski definition) is 3. The van der Waals surface area contributed by atoms with Gasteiger partial charge in [-0.05, 0) is 37.8 Å². The van der Waals surface area contributed by atoms with Gasteiger partial charge in [-0.2, -0.15) is 0 Å². The van der Waals surface area contributed by atoms with Gasteiger partial charge in [-0.3, -0.25) is 4.79 Å². The quantitative estimate of drug-likeness (QED) is 0.911. The van der Waals surface area contributed by atoms with E-state index in [4.69, 9.17) is 0 Å². The standard InChI is InChI=1S/C16H23N3O/c1-18(2)14-7-3-4-8-15(14)19-11-5-6-13(16(19)20)17-12-9-10-12/h3-4,7-8,12-13,17H,5-6,9-11H2,1-2H3. The molecule has 3 rings (SSSR count). The van der Waals surface area contributed by atoms with Gasteiger partial charge in [-0.1, -0.05) is 12.1 Å². The maximum absolute atomic E-state index is 12.7. The number of piperidine rings is 1. The van der Waals surface area contributed by atoms with Gasteiger partial charge in [0, 0.05) is 26.7 Å². The summed E-state index contributed by atoms with van der Waals surface area (Å²) in [6.45, 7) is 0.826. The molecular weight excluding hydrogens is 250 g/mol. The lowest BCUT2D eigenvalue weighted by Crippen LogP contribution is -2.51. The molecule has 20 heavy (non-hydrogen) atoms. The van der Waals surface area contributed by atoms with Crippen LogP contribution in [0.1, 0.15) is 25.7 Å². The van der Waals surface area contributed by atoms with Gasteiger partial charge >= 0.3 is 0 Å². The minimum atomic E-state index is 0.00599. The van der Waals surface area contributed by atoms with E-state index in [1.807, 2.05) is 37.2 Å². The van der Waals surface area contributed by atoms with Crippen LogP contribution in [-0.2, 0) is 4.79 Å². The predicted octanol–water partition coefficient (Wildman–Crippen LogP) is 2.00. The molecule has 1 heterocycles. The Bertz CT molecular complexity index is 496. The SMILES string of the molecule is CN(C)c1ccccc1N1CCCC(NC2CC2)C1=O. The van der Waals surface area contributed by atoms with E-state index in [1.54, 1.807) is 0 Å². The zero-order valence-corrected chi connectivity index (χ0v) is 12.3. The lowest BCUT2D eigenvalue weighted by molar-refractivity contribution is -0.121. The van der Waals surface area contributed by atoms with Gasteiger partial charge in [0.15, 0.2) is 0 Å². The van der Waals surface area contributed by atoms with Crippen LogP contribution in [0.3, 0.4) is 0 Å². The van der Waals surface area contributed by atoms with E-state index in [1.165, 1.54) is 12.8 Å². The molecule has 108 valence electrons.